The van der Waals surface area contributed by atoms with E-state index in [0.29, 0.717) is 10.8 Å². The lowest BCUT2D eigenvalue weighted by atomic mass is 10.2. The van der Waals surface area contributed by atoms with Gasteiger partial charge in [0.2, 0.25) is 0 Å². The molecular formula is C13H11NO3S. The Morgan fingerprint density at radius 2 is 1.94 bits per heavy atom. The van der Waals surface area contributed by atoms with Crippen LogP contribution >= 0.6 is 11.8 Å². The molecule has 1 aromatic heterocycles. The molecule has 0 aliphatic heterocycles. The molecule has 2 rings (SSSR count). The monoisotopic (exact) mass is 261 g/mol. The molecule has 0 amide bonds. The SMILES string of the molecule is O=C(O)c1ccnc(SCc2ccc(O)cc2)c1. The number of rotatable bonds is 4. The number of hydrogen-bond acceptors (Lipinski definition) is 4. The molecule has 0 saturated carbocycles. The molecule has 0 aliphatic rings. The molecule has 0 bridgehead atoms. The van der Waals surface area contributed by atoms with Crippen molar-refractivity contribution in [1.82, 2.24) is 4.98 Å². The molecule has 0 spiro atoms. The number of hydrogen-bond donors (Lipinski definition) is 2. The maximum atomic E-state index is 10.8. The summed E-state index contributed by atoms with van der Waals surface area (Å²) >= 11 is 1.45. The number of carboxylic acids is 1. The summed E-state index contributed by atoms with van der Waals surface area (Å²) in [6.45, 7) is 0. The molecular weight excluding hydrogens is 250 g/mol. The average molecular weight is 261 g/mol. The van der Waals surface area contributed by atoms with Gasteiger partial charge >= 0.3 is 5.97 Å². The van der Waals surface area contributed by atoms with Crippen LogP contribution in [-0.2, 0) is 5.75 Å². The zero-order chi connectivity index (χ0) is 13.0. The standard InChI is InChI=1S/C13H11NO3S/c15-11-3-1-9(2-4-11)8-18-12-7-10(13(16)17)5-6-14-12/h1-7,15H,8H2,(H,16,17). The van der Waals surface area contributed by atoms with E-state index >= 15 is 0 Å². The normalized spacial score (nSPS) is 10.2. The van der Waals surface area contributed by atoms with Gasteiger partial charge in [0.15, 0.2) is 0 Å². The van der Waals surface area contributed by atoms with Gasteiger partial charge in [-0.25, -0.2) is 9.78 Å². The zero-order valence-electron chi connectivity index (χ0n) is 9.41. The molecule has 0 radical (unpaired) electrons. The summed E-state index contributed by atoms with van der Waals surface area (Å²) < 4.78 is 0. The van der Waals surface area contributed by atoms with Gasteiger partial charge in [-0.1, -0.05) is 12.1 Å². The van der Waals surface area contributed by atoms with Crippen molar-refractivity contribution in [3.05, 3.63) is 53.7 Å². The van der Waals surface area contributed by atoms with E-state index in [2.05, 4.69) is 4.98 Å². The lowest BCUT2D eigenvalue weighted by Crippen LogP contribution is -1.96. The number of thioether (sulfide) groups is 1. The zero-order valence-corrected chi connectivity index (χ0v) is 10.2. The second-order valence-corrected chi connectivity index (χ2v) is 4.64. The summed E-state index contributed by atoms with van der Waals surface area (Å²) in [6, 6.07) is 9.90. The molecule has 92 valence electrons. The number of phenols is 1. The van der Waals surface area contributed by atoms with Crippen LogP contribution in [0.3, 0.4) is 0 Å². The summed E-state index contributed by atoms with van der Waals surface area (Å²) in [5.41, 5.74) is 1.28. The van der Waals surface area contributed by atoms with Crippen LogP contribution in [0.25, 0.3) is 0 Å². The molecule has 0 saturated heterocycles. The Labute approximate surface area is 108 Å². The van der Waals surface area contributed by atoms with Crippen molar-refractivity contribution >= 4 is 17.7 Å². The lowest BCUT2D eigenvalue weighted by Gasteiger charge is -2.02. The molecule has 1 heterocycles. The summed E-state index contributed by atoms with van der Waals surface area (Å²) in [7, 11) is 0. The molecule has 2 aromatic rings. The minimum Gasteiger partial charge on any atom is -0.508 e. The number of aromatic carboxylic acids is 1. The number of benzene rings is 1. The van der Waals surface area contributed by atoms with Crippen molar-refractivity contribution in [3.63, 3.8) is 0 Å². The Bertz CT molecular complexity index is 554. The van der Waals surface area contributed by atoms with Crippen molar-refractivity contribution in [3.8, 4) is 5.75 Å². The summed E-state index contributed by atoms with van der Waals surface area (Å²) in [5, 5.41) is 18.7. The number of aromatic hydroxyl groups is 1. The largest absolute Gasteiger partial charge is 0.508 e. The van der Waals surface area contributed by atoms with Crippen LogP contribution in [0.4, 0.5) is 0 Å². The summed E-state index contributed by atoms with van der Waals surface area (Å²) in [5.74, 6) is -0.0466. The van der Waals surface area contributed by atoms with Crippen LogP contribution in [-0.4, -0.2) is 21.2 Å². The first-order chi connectivity index (χ1) is 8.65. The van der Waals surface area contributed by atoms with Gasteiger partial charge in [0.25, 0.3) is 0 Å². The number of carboxylic acid groups (broad SMARTS) is 1. The van der Waals surface area contributed by atoms with Crippen molar-refractivity contribution in [2.75, 3.05) is 0 Å². The molecule has 0 aliphatic carbocycles. The third-order valence-electron chi connectivity index (χ3n) is 2.30. The summed E-state index contributed by atoms with van der Waals surface area (Å²) in [6.07, 6.45) is 1.49. The second-order valence-electron chi connectivity index (χ2n) is 3.64. The third-order valence-corrected chi connectivity index (χ3v) is 3.30. The quantitative estimate of drug-likeness (QED) is 0.828. The molecule has 1 aromatic carbocycles. The van der Waals surface area contributed by atoms with Gasteiger partial charge in [-0.15, -0.1) is 11.8 Å². The Hall–Kier alpha value is -2.01. The topological polar surface area (TPSA) is 70.4 Å². The highest BCUT2D eigenvalue weighted by atomic mass is 32.2. The highest BCUT2D eigenvalue weighted by Gasteiger charge is 2.04. The fourth-order valence-electron chi connectivity index (χ4n) is 1.37. The smallest absolute Gasteiger partial charge is 0.335 e. The fourth-order valence-corrected chi connectivity index (χ4v) is 2.22. The van der Waals surface area contributed by atoms with E-state index in [1.54, 1.807) is 18.2 Å². The minimum atomic E-state index is -0.955. The van der Waals surface area contributed by atoms with Crippen molar-refractivity contribution < 1.29 is 15.0 Å². The first-order valence-electron chi connectivity index (χ1n) is 5.25. The fraction of sp³-hybridized carbons (Fsp3) is 0.0769. The van der Waals surface area contributed by atoms with Crippen molar-refractivity contribution in [1.29, 1.82) is 0 Å². The highest BCUT2D eigenvalue weighted by Crippen LogP contribution is 2.22. The summed E-state index contributed by atoms with van der Waals surface area (Å²) in [4.78, 5) is 14.9. The number of aromatic nitrogens is 1. The van der Waals surface area contributed by atoms with E-state index in [9.17, 15) is 4.79 Å². The van der Waals surface area contributed by atoms with Gasteiger partial charge in [-0.3, -0.25) is 0 Å². The molecule has 5 heteroatoms. The van der Waals surface area contributed by atoms with E-state index < -0.39 is 5.97 Å². The van der Waals surface area contributed by atoms with E-state index in [0.717, 1.165) is 5.56 Å². The van der Waals surface area contributed by atoms with Crippen LogP contribution in [0, 0.1) is 0 Å². The average Bonchev–Trinajstić information content (AvgIpc) is 2.38. The van der Waals surface area contributed by atoms with Gasteiger partial charge < -0.3 is 10.2 Å². The molecule has 0 fully saturated rings. The van der Waals surface area contributed by atoms with Gasteiger partial charge in [0, 0.05) is 11.9 Å². The number of phenolic OH excluding ortho intramolecular Hbond substituents is 1. The predicted molar refractivity (Wildman–Crippen MR) is 68.9 cm³/mol. The molecule has 0 unspecified atom stereocenters. The van der Waals surface area contributed by atoms with Gasteiger partial charge in [-0.2, -0.15) is 0 Å². The van der Waals surface area contributed by atoms with Crippen molar-refractivity contribution in [2.24, 2.45) is 0 Å². The van der Waals surface area contributed by atoms with E-state index in [4.69, 9.17) is 10.2 Å². The van der Waals surface area contributed by atoms with E-state index in [1.807, 2.05) is 12.1 Å². The highest BCUT2D eigenvalue weighted by molar-refractivity contribution is 7.98. The molecule has 0 atom stereocenters. The number of carbonyl (C=O) groups is 1. The maximum Gasteiger partial charge on any atom is 0.335 e. The predicted octanol–water partition coefficient (Wildman–Crippen LogP) is 2.78. The Morgan fingerprint density at radius 1 is 1.22 bits per heavy atom. The molecule has 18 heavy (non-hydrogen) atoms. The van der Waals surface area contributed by atoms with E-state index in [1.165, 1.54) is 24.0 Å². The lowest BCUT2D eigenvalue weighted by molar-refractivity contribution is 0.0696. The van der Waals surface area contributed by atoms with E-state index in [-0.39, 0.29) is 11.3 Å². The Balaban J connectivity index is 2.04. The van der Waals surface area contributed by atoms with Gasteiger partial charge in [0.05, 0.1) is 10.6 Å². The Morgan fingerprint density at radius 3 is 2.61 bits per heavy atom. The minimum absolute atomic E-state index is 0.231. The molecule has 4 nitrogen and oxygen atoms in total. The maximum absolute atomic E-state index is 10.8. The Kier molecular flexibility index (Phi) is 3.84. The van der Waals surface area contributed by atoms with Crippen molar-refractivity contribution in [2.45, 2.75) is 10.8 Å². The van der Waals surface area contributed by atoms with Crippen LogP contribution in [0.1, 0.15) is 15.9 Å². The first kappa shape index (κ1) is 12.4. The van der Waals surface area contributed by atoms with Crippen LogP contribution in [0.15, 0.2) is 47.6 Å². The van der Waals surface area contributed by atoms with Crippen LogP contribution < -0.4 is 0 Å². The number of nitrogens with zero attached hydrogens (tertiary/aromatic N) is 1. The second kappa shape index (κ2) is 5.55. The first-order valence-corrected chi connectivity index (χ1v) is 6.24. The third kappa shape index (κ3) is 3.24. The number of pyridine rings is 1. The molecule has 2 N–H and O–H groups in total. The van der Waals surface area contributed by atoms with Crippen LogP contribution in [0.2, 0.25) is 0 Å². The van der Waals surface area contributed by atoms with Crippen LogP contribution in [0.5, 0.6) is 5.75 Å². The van der Waals surface area contributed by atoms with Gasteiger partial charge in [-0.05, 0) is 29.8 Å². The van der Waals surface area contributed by atoms with Gasteiger partial charge in [0.1, 0.15) is 5.75 Å².